The Hall–Kier alpha value is -2.49. The molecule has 0 fully saturated rings. The standard InChI is InChI=1S/C27H38N2O2/c1-3-5-7-8-9-12-15-23-21-28-27(29-22-23)31-26(30)20-19-25(16-11-6-4-2)24-17-13-10-14-18-24/h10,13-14,17-22,25H,3-9,11-12,15-16H2,1-2H3/b20-19+. The van der Waals surface area contributed by atoms with E-state index < -0.39 is 5.97 Å². The summed E-state index contributed by atoms with van der Waals surface area (Å²) in [6, 6.07) is 10.4. The number of carbonyl (C=O) groups excluding carboxylic acids is 1. The highest BCUT2D eigenvalue weighted by atomic mass is 16.5. The molecule has 1 heterocycles. The van der Waals surface area contributed by atoms with E-state index in [2.05, 4.69) is 35.9 Å². The average molecular weight is 423 g/mol. The fraction of sp³-hybridized carbons (Fsp3) is 0.519. The maximum Gasteiger partial charge on any atom is 0.338 e. The van der Waals surface area contributed by atoms with E-state index in [1.807, 2.05) is 24.3 Å². The first-order valence-corrected chi connectivity index (χ1v) is 12.0. The number of esters is 1. The summed E-state index contributed by atoms with van der Waals surface area (Å²) in [5.41, 5.74) is 2.31. The van der Waals surface area contributed by atoms with Crippen LogP contribution >= 0.6 is 0 Å². The summed E-state index contributed by atoms with van der Waals surface area (Å²) in [4.78, 5) is 20.7. The van der Waals surface area contributed by atoms with Crippen LogP contribution in [0.5, 0.6) is 6.01 Å². The quantitative estimate of drug-likeness (QED) is 0.173. The third-order valence-electron chi connectivity index (χ3n) is 5.50. The highest BCUT2D eigenvalue weighted by Gasteiger charge is 2.10. The van der Waals surface area contributed by atoms with Gasteiger partial charge in [0.05, 0.1) is 0 Å². The largest absolute Gasteiger partial charge is 0.388 e. The first kappa shape index (κ1) is 24.8. The molecule has 31 heavy (non-hydrogen) atoms. The van der Waals surface area contributed by atoms with Crippen molar-refractivity contribution in [2.24, 2.45) is 0 Å². The van der Waals surface area contributed by atoms with Crippen LogP contribution in [0.2, 0.25) is 0 Å². The van der Waals surface area contributed by atoms with Crippen molar-refractivity contribution in [3.63, 3.8) is 0 Å². The van der Waals surface area contributed by atoms with Crippen molar-refractivity contribution in [2.75, 3.05) is 0 Å². The molecule has 0 N–H and O–H groups in total. The lowest BCUT2D eigenvalue weighted by Gasteiger charge is -2.13. The second-order valence-electron chi connectivity index (χ2n) is 8.18. The Labute approximate surface area is 188 Å². The maximum absolute atomic E-state index is 12.3. The number of aryl methyl sites for hydroxylation is 1. The van der Waals surface area contributed by atoms with Gasteiger partial charge in [0.2, 0.25) is 0 Å². The van der Waals surface area contributed by atoms with Crippen LogP contribution in [0, 0.1) is 0 Å². The van der Waals surface area contributed by atoms with Gasteiger partial charge in [-0.2, -0.15) is 0 Å². The molecular formula is C27H38N2O2. The Morgan fingerprint density at radius 1 is 0.903 bits per heavy atom. The molecule has 1 unspecified atom stereocenters. The van der Waals surface area contributed by atoms with Crippen molar-refractivity contribution in [1.82, 2.24) is 9.97 Å². The fourth-order valence-electron chi connectivity index (χ4n) is 3.64. The van der Waals surface area contributed by atoms with Gasteiger partial charge in [-0.1, -0.05) is 102 Å². The van der Waals surface area contributed by atoms with Crippen LogP contribution in [-0.2, 0) is 11.2 Å². The summed E-state index contributed by atoms with van der Waals surface area (Å²) in [6.45, 7) is 4.43. The topological polar surface area (TPSA) is 52.1 Å². The molecule has 1 aromatic heterocycles. The Bertz CT molecular complexity index is 757. The number of allylic oxidation sites excluding steroid dienone is 1. The highest BCUT2D eigenvalue weighted by molar-refractivity contribution is 5.83. The van der Waals surface area contributed by atoms with E-state index in [9.17, 15) is 4.79 Å². The van der Waals surface area contributed by atoms with Gasteiger partial charge in [0, 0.05) is 24.4 Å². The lowest BCUT2D eigenvalue weighted by Crippen LogP contribution is -2.08. The molecule has 1 atom stereocenters. The van der Waals surface area contributed by atoms with Gasteiger partial charge in [-0.05, 0) is 30.4 Å². The summed E-state index contributed by atoms with van der Waals surface area (Å²) in [6.07, 6.45) is 20.1. The van der Waals surface area contributed by atoms with Gasteiger partial charge in [0.1, 0.15) is 0 Å². The average Bonchev–Trinajstić information content (AvgIpc) is 2.80. The number of nitrogens with zero attached hydrogens (tertiary/aromatic N) is 2. The molecule has 0 saturated heterocycles. The monoisotopic (exact) mass is 422 g/mol. The lowest BCUT2D eigenvalue weighted by molar-refractivity contribution is -0.129. The molecule has 0 aliphatic carbocycles. The van der Waals surface area contributed by atoms with Crippen molar-refractivity contribution >= 4 is 5.97 Å². The van der Waals surface area contributed by atoms with Crippen LogP contribution in [0.1, 0.15) is 95.1 Å². The summed E-state index contributed by atoms with van der Waals surface area (Å²) >= 11 is 0. The molecule has 0 amide bonds. The van der Waals surface area contributed by atoms with E-state index in [4.69, 9.17) is 4.74 Å². The molecule has 0 aliphatic rings. The number of carbonyl (C=O) groups is 1. The van der Waals surface area contributed by atoms with Crippen LogP contribution in [0.4, 0.5) is 0 Å². The molecule has 0 spiro atoms. The minimum absolute atomic E-state index is 0.114. The molecule has 1 aromatic carbocycles. The zero-order chi connectivity index (χ0) is 22.2. The molecule has 2 aromatic rings. The SMILES string of the molecule is CCCCCCCCc1cnc(OC(=O)/C=C/C(CCCCC)c2ccccc2)nc1. The van der Waals surface area contributed by atoms with E-state index >= 15 is 0 Å². The van der Waals surface area contributed by atoms with E-state index in [0.717, 1.165) is 31.2 Å². The van der Waals surface area contributed by atoms with Gasteiger partial charge in [-0.15, -0.1) is 0 Å². The van der Waals surface area contributed by atoms with E-state index in [-0.39, 0.29) is 11.9 Å². The third-order valence-corrected chi connectivity index (χ3v) is 5.50. The number of ether oxygens (including phenoxy) is 1. The summed E-state index contributed by atoms with van der Waals surface area (Å²) in [5.74, 6) is -0.221. The summed E-state index contributed by atoms with van der Waals surface area (Å²) in [7, 11) is 0. The number of rotatable bonds is 15. The van der Waals surface area contributed by atoms with Crippen molar-refractivity contribution in [3.05, 3.63) is 66.0 Å². The molecule has 4 nitrogen and oxygen atoms in total. The predicted octanol–water partition coefficient (Wildman–Crippen LogP) is 7.21. The highest BCUT2D eigenvalue weighted by Crippen LogP contribution is 2.24. The van der Waals surface area contributed by atoms with Crippen molar-refractivity contribution in [1.29, 1.82) is 0 Å². The van der Waals surface area contributed by atoms with Crippen LogP contribution in [0.3, 0.4) is 0 Å². The zero-order valence-electron chi connectivity index (χ0n) is 19.3. The molecule has 4 heteroatoms. The number of unbranched alkanes of at least 4 members (excludes halogenated alkanes) is 7. The summed E-state index contributed by atoms with van der Waals surface area (Å²) < 4.78 is 5.30. The molecule has 0 aliphatic heterocycles. The van der Waals surface area contributed by atoms with Crippen LogP contribution < -0.4 is 4.74 Å². The van der Waals surface area contributed by atoms with Gasteiger partial charge in [0.25, 0.3) is 0 Å². The molecule has 0 bridgehead atoms. The molecule has 168 valence electrons. The first-order valence-electron chi connectivity index (χ1n) is 12.0. The number of hydrogen-bond acceptors (Lipinski definition) is 4. The van der Waals surface area contributed by atoms with Gasteiger partial charge < -0.3 is 4.74 Å². The second-order valence-corrected chi connectivity index (χ2v) is 8.18. The number of hydrogen-bond donors (Lipinski definition) is 0. The lowest BCUT2D eigenvalue weighted by atomic mass is 9.93. The van der Waals surface area contributed by atoms with Gasteiger partial charge in [-0.3, -0.25) is 0 Å². The normalized spacial score (nSPS) is 12.2. The summed E-state index contributed by atoms with van der Waals surface area (Å²) in [5, 5.41) is 0. The predicted molar refractivity (Wildman–Crippen MR) is 127 cm³/mol. The Kier molecular flexibility index (Phi) is 12.3. The van der Waals surface area contributed by atoms with Gasteiger partial charge >= 0.3 is 12.0 Å². The van der Waals surface area contributed by atoms with Crippen LogP contribution in [-0.4, -0.2) is 15.9 Å². The minimum Gasteiger partial charge on any atom is -0.388 e. The molecular weight excluding hydrogens is 384 g/mol. The second kappa shape index (κ2) is 15.3. The van der Waals surface area contributed by atoms with E-state index in [1.165, 1.54) is 56.6 Å². The Balaban J connectivity index is 1.82. The van der Waals surface area contributed by atoms with E-state index in [0.29, 0.717) is 0 Å². The minimum atomic E-state index is -0.430. The number of aromatic nitrogens is 2. The van der Waals surface area contributed by atoms with Gasteiger partial charge in [-0.25, -0.2) is 14.8 Å². The van der Waals surface area contributed by atoms with Crippen molar-refractivity contribution in [3.8, 4) is 6.01 Å². The Morgan fingerprint density at radius 2 is 1.55 bits per heavy atom. The molecule has 2 rings (SSSR count). The smallest absolute Gasteiger partial charge is 0.338 e. The van der Waals surface area contributed by atoms with Crippen LogP contribution in [0.15, 0.2) is 54.9 Å². The molecule has 0 saturated carbocycles. The Morgan fingerprint density at radius 3 is 2.26 bits per heavy atom. The fourth-order valence-corrected chi connectivity index (χ4v) is 3.64. The molecule has 0 radical (unpaired) electrons. The number of benzene rings is 1. The zero-order valence-corrected chi connectivity index (χ0v) is 19.3. The van der Waals surface area contributed by atoms with Crippen molar-refractivity contribution < 1.29 is 9.53 Å². The van der Waals surface area contributed by atoms with Crippen molar-refractivity contribution in [2.45, 2.75) is 90.4 Å². The third kappa shape index (κ3) is 10.4. The van der Waals surface area contributed by atoms with E-state index in [1.54, 1.807) is 12.4 Å². The first-order chi connectivity index (χ1) is 15.2. The van der Waals surface area contributed by atoms with Crippen LogP contribution in [0.25, 0.3) is 0 Å². The van der Waals surface area contributed by atoms with Gasteiger partial charge in [0.15, 0.2) is 0 Å². The maximum atomic E-state index is 12.3.